The summed E-state index contributed by atoms with van der Waals surface area (Å²) in [5.74, 6) is 2.61. The molecule has 12 nitrogen and oxygen atoms in total. The summed E-state index contributed by atoms with van der Waals surface area (Å²) in [6.07, 6.45) is 6.46. The van der Waals surface area contributed by atoms with Crippen molar-refractivity contribution >= 4 is 91.2 Å². The average molecular weight is 925 g/mol. The van der Waals surface area contributed by atoms with E-state index in [-0.39, 0.29) is 25.4 Å². The Bertz CT molecular complexity index is 2470. The van der Waals surface area contributed by atoms with E-state index in [1.165, 1.54) is 22.7 Å². The second-order valence-corrected chi connectivity index (χ2v) is 18.4. The highest BCUT2D eigenvalue weighted by atomic mass is 35.5. The molecular weight excluding hydrogens is 890 g/mol. The van der Waals surface area contributed by atoms with Crippen LogP contribution in [0.4, 0.5) is 10.3 Å². The van der Waals surface area contributed by atoms with Crippen LogP contribution in [0.2, 0.25) is 20.1 Å². The van der Waals surface area contributed by atoms with E-state index in [0.29, 0.717) is 53.4 Å². The molecule has 60 heavy (non-hydrogen) atoms. The number of carbonyl (C=O) groups is 2. The first-order chi connectivity index (χ1) is 28.9. The number of nitrogens with zero attached hydrogens (tertiary/aromatic N) is 2. The minimum absolute atomic E-state index is 0.0784. The fraction of sp³-hybridized carbons (Fsp3) is 0.238. The van der Waals surface area contributed by atoms with Crippen LogP contribution in [0.25, 0.3) is 0 Å². The number of hydrogen-bond donors (Lipinski definition) is 4. The fourth-order valence-corrected chi connectivity index (χ4v) is 9.38. The molecular formula is C42H34Cl4N6O6S2. The number of hydrogen-bond acceptors (Lipinski definition) is 12. The topological polar surface area (TPSA) is 173 Å². The van der Waals surface area contributed by atoms with Gasteiger partial charge < -0.3 is 41.0 Å². The minimum atomic E-state index is -0.557. The van der Waals surface area contributed by atoms with Gasteiger partial charge in [0.05, 0.1) is 43.0 Å². The van der Waals surface area contributed by atoms with Gasteiger partial charge in [-0.15, -0.1) is 0 Å². The van der Waals surface area contributed by atoms with Gasteiger partial charge in [0.25, 0.3) is 0 Å². The monoisotopic (exact) mass is 922 g/mol. The van der Waals surface area contributed by atoms with Gasteiger partial charge in [-0.2, -0.15) is 0 Å². The molecule has 2 atom stereocenters. The van der Waals surface area contributed by atoms with Crippen LogP contribution >= 0.6 is 69.1 Å². The Morgan fingerprint density at radius 1 is 0.567 bits per heavy atom. The standard InChI is InChI=1S/2C21H17Cl2N3O3S/c2*22-13-3-1-11(7-14(13)23)18(24)17-9-25-20(30-17)26-19(27)21(5-6-21)12-2-4-15-16(8-12)29-10-28-15/h2*1-4,7-9,18H,5-6,10,24H2,(H,25,26,27)/t2*18-/m10/s1. The first-order valence-corrected chi connectivity index (χ1v) is 21.8. The molecule has 2 amide bonds. The van der Waals surface area contributed by atoms with Crippen LogP contribution in [-0.2, 0) is 20.4 Å². The quantitative estimate of drug-likeness (QED) is 0.104. The van der Waals surface area contributed by atoms with Crippen molar-refractivity contribution in [2.75, 3.05) is 24.2 Å². The number of anilines is 2. The van der Waals surface area contributed by atoms with Crippen LogP contribution in [0.5, 0.6) is 23.0 Å². The lowest BCUT2D eigenvalue weighted by atomic mass is 9.94. The molecule has 0 radical (unpaired) electrons. The molecule has 6 N–H and O–H groups in total. The summed E-state index contributed by atoms with van der Waals surface area (Å²) in [4.78, 5) is 36.4. The number of amides is 2. The van der Waals surface area contributed by atoms with Gasteiger partial charge in [-0.1, -0.05) is 93.3 Å². The van der Waals surface area contributed by atoms with Crippen molar-refractivity contribution < 1.29 is 28.5 Å². The molecule has 18 heteroatoms. The third-order valence-corrected chi connectivity index (χ3v) is 14.4. The number of carbonyl (C=O) groups excluding carboxylic acids is 2. The van der Waals surface area contributed by atoms with Gasteiger partial charge in [-0.05, 0) is 96.5 Å². The predicted octanol–water partition coefficient (Wildman–Crippen LogP) is 9.79. The van der Waals surface area contributed by atoms with Crippen molar-refractivity contribution in [3.05, 3.63) is 137 Å². The van der Waals surface area contributed by atoms with E-state index in [1.807, 2.05) is 48.5 Å². The molecule has 10 rings (SSSR count). The van der Waals surface area contributed by atoms with E-state index in [1.54, 1.807) is 36.7 Å². The number of fused-ring (bicyclic) bond motifs is 2. The zero-order valence-electron chi connectivity index (χ0n) is 31.3. The van der Waals surface area contributed by atoms with Gasteiger partial charge in [0.15, 0.2) is 33.3 Å². The number of nitrogens with one attached hydrogen (secondary N) is 2. The number of thiazole rings is 2. The molecule has 2 fully saturated rings. The van der Waals surface area contributed by atoms with Crippen LogP contribution in [0.3, 0.4) is 0 Å². The Morgan fingerprint density at radius 2 is 0.967 bits per heavy atom. The predicted molar refractivity (Wildman–Crippen MR) is 233 cm³/mol. The van der Waals surface area contributed by atoms with Gasteiger partial charge in [-0.3, -0.25) is 9.59 Å². The summed E-state index contributed by atoms with van der Waals surface area (Å²) in [5, 5.41) is 8.77. The largest absolute Gasteiger partial charge is 0.454 e. The summed E-state index contributed by atoms with van der Waals surface area (Å²) in [6, 6.07) is 21.1. The number of halogens is 4. The Kier molecular flexibility index (Phi) is 11.1. The van der Waals surface area contributed by atoms with Crippen LogP contribution in [0.1, 0.15) is 69.8 Å². The molecule has 2 aliphatic heterocycles. The lowest BCUT2D eigenvalue weighted by molar-refractivity contribution is -0.119. The van der Waals surface area contributed by atoms with Crippen LogP contribution in [-0.4, -0.2) is 35.4 Å². The average Bonchev–Trinajstić information content (AvgIpc) is 3.91. The van der Waals surface area contributed by atoms with E-state index in [2.05, 4.69) is 20.6 Å². The molecule has 308 valence electrons. The van der Waals surface area contributed by atoms with Crippen LogP contribution in [0.15, 0.2) is 85.2 Å². The van der Waals surface area contributed by atoms with E-state index < -0.39 is 22.9 Å². The Balaban J connectivity index is 0.000000154. The number of benzene rings is 4. The van der Waals surface area contributed by atoms with E-state index in [4.69, 9.17) is 76.8 Å². The third kappa shape index (κ3) is 7.98. The molecule has 4 aliphatic rings. The molecule has 2 aromatic heterocycles. The summed E-state index contributed by atoms with van der Waals surface area (Å²) >= 11 is 26.8. The summed E-state index contributed by atoms with van der Waals surface area (Å²) in [7, 11) is 0. The van der Waals surface area contributed by atoms with Crippen LogP contribution < -0.4 is 41.0 Å². The van der Waals surface area contributed by atoms with Crippen molar-refractivity contribution in [3.8, 4) is 23.0 Å². The first kappa shape index (κ1) is 40.7. The Morgan fingerprint density at radius 3 is 1.35 bits per heavy atom. The van der Waals surface area contributed by atoms with E-state index >= 15 is 0 Å². The molecule has 2 saturated carbocycles. The van der Waals surface area contributed by atoms with Gasteiger partial charge in [-0.25, -0.2) is 9.97 Å². The zero-order valence-corrected chi connectivity index (χ0v) is 36.0. The SMILES string of the molecule is N[C@@H](c1ccc(Cl)c(Cl)c1)c1cnc(NC(=O)C2(c3ccc4c(c3)OCO4)CC2)s1.N[C@H](c1ccc(Cl)c(Cl)c1)c1cnc(NC(=O)C2(c3ccc4c(c3)OCO4)CC2)s1. The maximum Gasteiger partial charge on any atom is 0.236 e. The van der Waals surface area contributed by atoms with Crippen molar-refractivity contribution in [1.29, 1.82) is 0 Å². The molecule has 0 unspecified atom stereocenters. The van der Waals surface area contributed by atoms with Gasteiger partial charge in [0.1, 0.15) is 0 Å². The summed E-state index contributed by atoms with van der Waals surface area (Å²) in [5.41, 5.74) is 15.1. The second kappa shape index (κ2) is 16.3. The van der Waals surface area contributed by atoms with Gasteiger partial charge in [0.2, 0.25) is 25.4 Å². The normalized spacial score (nSPS) is 16.9. The van der Waals surface area contributed by atoms with Crippen LogP contribution in [0, 0.1) is 0 Å². The zero-order chi connectivity index (χ0) is 41.8. The molecule has 0 spiro atoms. The number of ether oxygens (including phenoxy) is 4. The summed E-state index contributed by atoms with van der Waals surface area (Å²) in [6.45, 7) is 0.415. The first-order valence-electron chi connectivity index (χ1n) is 18.7. The van der Waals surface area contributed by atoms with Gasteiger partial charge >= 0.3 is 0 Å². The van der Waals surface area contributed by atoms with Crippen molar-refractivity contribution in [2.24, 2.45) is 11.5 Å². The molecule has 4 aromatic carbocycles. The maximum absolute atomic E-state index is 13.0. The maximum atomic E-state index is 13.0. The van der Waals surface area contributed by atoms with Crippen molar-refractivity contribution in [3.63, 3.8) is 0 Å². The smallest absolute Gasteiger partial charge is 0.236 e. The highest BCUT2D eigenvalue weighted by molar-refractivity contribution is 7.16. The highest BCUT2D eigenvalue weighted by Crippen LogP contribution is 2.52. The lowest BCUT2D eigenvalue weighted by Crippen LogP contribution is -2.27. The van der Waals surface area contributed by atoms with Crippen molar-refractivity contribution in [2.45, 2.75) is 48.6 Å². The Labute approximate surface area is 372 Å². The summed E-state index contributed by atoms with van der Waals surface area (Å²) < 4.78 is 21.6. The molecule has 2 aliphatic carbocycles. The molecule has 0 saturated heterocycles. The van der Waals surface area contributed by atoms with Crippen molar-refractivity contribution in [1.82, 2.24) is 9.97 Å². The number of aromatic nitrogens is 2. The second-order valence-electron chi connectivity index (χ2n) is 14.6. The minimum Gasteiger partial charge on any atom is -0.454 e. The molecule has 0 bridgehead atoms. The Hall–Kier alpha value is -4.64. The number of nitrogens with two attached hydrogens (primary N) is 2. The third-order valence-electron chi connectivity index (χ3n) is 10.9. The van der Waals surface area contributed by atoms with Gasteiger partial charge in [0, 0.05) is 22.1 Å². The van der Waals surface area contributed by atoms with E-state index in [9.17, 15) is 9.59 Å². The lowest BCUT2D eigenvalue weighted by Gasteiger charge is -2.15. The molecule has 6 aromatic rings. The highest BCUT2D eigenvalue weighted by Gasteiger charge is 2.53. The number of rotatable bonds is 10. The van der Waals surface area contributed by atoms with E-state index in [0.717, 1.165) is 57.7 Å². The fourth-order valence-electron chi connectivity index (χ4n) is 7.08. The molecule has 4 heterocycles.